The molecule has 0 amide bonds. The van der Waals surface area contributed by atoms with Crippen molar-refractivity contribution in [3.05, 3.63) is 12.2 Å². The highest BCUT2D eigenvalue weighted by Gasteiger charge is 2.39. The Hall–Kier alpha value is -0.900. The summed E-state index contributed by atoms with van der Waals surface area (Å²) in [7, 11) is 0. The molecule has 1 aliphatic rings. The van der Waals surface area contributed by atoms with Crippen molar-refractivity contribution in [2.45, 2.75) is 31.3 Å². The van der Waals surface area contributed by atoms with Gasteiger partial charge in [0.25, 0.3) is 0 Å². The number of hydrogen-bond acceptors (Lipinski definition) is 3. The average Bonchev–Trinajstić information content (AvgIpc) is 2.53. The summed E-state index contributed by atoms with van der Waals surface area (Å²) < 4.78 is 0. The minimum absolute atomic E-state index is 0.368. The molecule has 2 N–H and O–H groups in total. The van der Waals surface area contributed by atoms with Crippen LogP contribution in [-0.2, 0) is 6.42 Å². The van der Waals surface area contributed by atoms with Gasteiger partial charge in [-0.3, -0.25) is 5.10 Å². The van der Waals surface area contributed by atoms with Gasteiger partial charge in [-0.2, -0.15) is 5.10 Å². The summed E-state index contributed by atoms with van der Waals surface area (Å²) in [5.41, 5.74) is -0.368. The molecule has 0 atom stereocenters. The smallest absolute Gasteiger partial charge is 0.137 e. The molecule has 0 aromatic carbocycles. The molecule has 0 unspecified atom stereocenters. The summed E-state index contributed by atoms with van der Waals surface area (Å²) in [5.74, 6) is 0.866. The first-order chi connectivity index (χ1) is 5.29. The van der Waals surface area contributed by atoms with Crippen molar-refractivity contribution < 1.29 is 5.11 Å². The third-order valence-electron chi connectivity index (χ3n) is 2.12. The van der Waals surface area contributed by atoms with Gasteiger partial charge in [-0.1, -0.05) is 0 Å². The number of H-pyrrole nitrogens is 1. The highest BCUT2D eigenvalue weighted by Crippen LogP contribution is 2.38. The lowest BCUT2D eigenvalue weighted by molar-refractivity contribution is 0.140. The van der Waals surface area contributed by atoms with E-state index in [1.54, 1.807) is 0 Å². The largest absolute Gasteiger partial charge is 0.390 e. The van der Waals surface area contributed by atoms with E-state index in [0.717, 1.165) is 31.5 Å². The Morgan fingerprint density at radius 3 is 3.00 bits per heavy atom. The normalized spacial score (nSPS) is 20.1. The van der Waals surface area contributed by atoms with E-state index in [9.17, 15) is 5.11 Å². The molecule has 0 bridgehead atoms. The number of aliphatic hydroxyl groups is 1. The van der Waals surface area contributed by atoms with Gasteiger partial charge in [-0.05, 0) is 19.3 Å². The molecule has 0 radical (unpaired) electrons. The topological polar surface area (TPSA) is 61.8 Å². The van der Waals surface area contributed by atoms with E-state index in [1.807, 2.05) is 0 Å². The Morgan fingerprint density at radius 1 is 1.64 bits per heavy atom. The zero-order chi connectivity index (χ0) is 7.73. The zero-order valence-electron chi connectivity index (χ0n) is 6.25. The van der Waals surface area contributed by atoms with Crippen LogP contribution in [0.3, 0.4) is 0 Å². The van der Waals surface area contributed by atoms with Crippen LogP contribution in [0.2, 0.25) is 0 Å². The molecule has 2 rings (SSSR count). The number of aromatic nitrogens is 3. The summed E-state index contributed by atoms with van der Waals surface area (Å²) in [5, 5.41) is 16.0. The predicted molar refractivity (Wildman–Crippen MR) is 38.9 cm³/mol. The van der Waals surface area contributed by atoms with Gasteiger partial charge >= 0.3 is 0 Å². The standard InChI is InChI=1S/C7H11N3O/c11-7(3-4-7)2-1-6-8-5-9-10-6/h5,11H,1-4H2,(H,8,9,10). The van der Waals surface area contributed by atoms with Gasteiger partial charge in [-0.25, -0.2) is 4.98 Å². The number of rotatable bonds is 3. The summed E-state index contributed by atoms with van der Waals surface area (Å²) in [6, 6.07) is 0. The van der Waals surface area contributed by atoms with Crippen LogP contribution in [0.5, 0.6) is 0 Å². The van der Waals surface area contributed by atoms with Crippen molar-refractivity contribution >= 4 is 0 Å². The fourth-order valence-electron chi connectivity index (χ4n) is 1.10. The molecule has 0 aliphatic heterocycles. The second-order valence-electron chi connectivity index (χ2n) is 3.16. The van der Waals surface area contributed by atoms with Crippen LogP contribution in [0.15, 0.2) is 6.33 Å². The van der Waals surface area contributed by atoms with Crippen LogP contribution in [0, 0.1) is 0 Å². The Bertz CT molecular complexity index is 228. The Kier molecular flexibility index (Phi) is 1.42. The average molecular weight is 153 g/mol. The molecular formula is C7H11N3O. The molecular weight excluding hydrogens is 142 g/mol. The van der Waals surface area contributed by atoms with Crippen LogP contribution < -0.4 is 0 Å². The molecule has 0 spiro atoms. The molecule has 1 fully saturated rings. The van der Waals surface area contributed by atoms with E-state index >= 15 is 0 Å². The van der Waals surface area contributed by atoms with Crippen molar-refractivity contribution in [2.24, 2.45) is 0 Å². The number of nitrogens with zero attached hydrogens (tertiary/aromatic N) is 2. The third-order valence-corrected chi connectivity index (χ3v) is 2.12. The quantitative estimate of drug-likeness (QED) is 0.654. The van der Waals surface area contributed by atoms with Gasteiger partial charge in [0, 0.05) is 6.42 Å². The van der Waals surface area contributed by atoms with Gasteiger partial charge in [0.15, 0.2) is 0 Å². The van der Waals surface area contributed by atoms with E-state index in [2.05, 4.69) is 15.2 Å². The molecule has 11 heavy (non-hydrogen) atoms. The summed E-state index contributed by atoms with van der Waals surface area (Å²) in [6.45, 7) is 0. The first-order valence-electron chi connectivity index (χ1n) is 3.85. The van der Waals surface area contributed by atoms with Gasteiger partial charge in [0.05, 0.1) is 5.60 Å². The van der Waals surface area contributed by atoms with Crippen LogP contribution in [0.1, 0.15) is 25.1 Å². The maximum absolute atomic E-state index is 9.47. The van der Waals surface area contributed by atoms with Crippen molar-refractivity contribution in [2.75, 3.05) is 0 Å². The van der Waals surface area contributed by atoms with Crippen molar-refractivity contribution in [3.8, 4) is 0 Å². The SMILES string of the molecule is OC1(CCc2ncn[nH]2)CC1. The van der Waals surface area contributed by atoms with Gasteiger partial charge < -0.3 is 5.11 Å². The first-order valence-corrected chi connectivity index (χ1v) is 3.85. The Morgan fingerprint density at radius 2 is 2.45 bits per heavy atom. The third kappa shape index (κ3) is 1.57. The maximum Gasteiger partial charge on any atom is 0.137 e. The monoisotopic (exact) mass is 153 g/mol. The summed E-state index contributed by atoms with van der Waals surface area (Å²) >= 11 is 0. The van der Waals surface area contributed by atoms with E-state index in [-0.39, 0.29) is 5.60 Å². The number of aromatic amines is 1. The van der Waals surface area contributed by atoms with Gasteiger partial charge in [-0.15, -0.1) is 0 Å². The van der Waals surface area contributed by atoms with Crippen LogP contribution in [0.4, 0.5) is 0 Å². The Labute approximate surface area is 64.7 Å². The number of aryl methyl sites for hydroxylation is 1. The molecule has 4 nitrogen and oxygen atoms in total. The minimum Gasteiger partial charge on any atom is -0.390 e. The zero-order valence-corrected chi connectivity index (χ0v) is 6.25. The molecule has 1 aromatic rings. The van der Waals surface area contributed by atoms with Crippen LogP contribution in [0.25, 0.3) is 0 Å². The maximum atomic E-state index is 9.47. The molecule has 60 valence electrons. The number of hydrogen-bond donors (Lipinski definition) is 2. The van der Waals surface area contributed by atoms with Crippen LogP contribution in [-0.4, -0.2) is 25.9 Å². The summed E-state index contributed by atoms with van der Waals surface area (Å²) in [4.78, 5) is 3.97. The van der Waals surface area contributed by atoms with Crippen molar-refractivity contribution in [1.82, 2.24) is 15.2 Å². The van der Waals surface area contributed by atoms with E-state index in [4.69, 9.17) is 0 Å². The molecule has 1 saturated carbocycles. The van der Waals surface area contributed by atoms with Gasteiger partial charge in [0.1, 0.15) is 12.2 Å². The Balaban J connectivity index is 1.83. The lowest BCUT2D eigenvalue weighted by Gasteiger charge is -2.03. The van der Waals surface area contributed by atoms with Crippen molar-refractivity contribution in [1.29, 1.82) is 0 Å². The lowest BCUT2D eigenvalue weighted by atomic mass is 10.2. The molecule has 4 heteroatoms. The molecule has 1 aromatic heterocycles. The molecule has 1 heterocycles. The fourth-order valence-corrected chi connectivity index (χ4v) is 1.10. The number of nitrogens with one attached hydrogen (secondary N) is 1. The van der Waals surface area contributed by atoms with Gasteiger partial charge in [0.2, 0.25) is 0 Å². The molecule has 0 saturated heterocycles. The lowest BCUT2D eigenvalue weighted by Crippen LogP contribution is -2.08. The van der Waals surface area contributed by atoms with Crippen molar-refractivity contribution in [3.63, 3.8) is 0 Å². The molecule has 1 aliphatic carbocycles. The summed E-state index contributed by atoms with van der Waals surface area (Å²) in [6.07, 6.45) is 4.99. The highest BCUT2D eigenvalue weighted by molar-refractivity contribution is 4.96. The first kappa shape index (κ1) is 6.79. The second kappa shape index (κ2) is 2.30. The van der Waals surface area contributed by atoms with Crippen LogP contribution >= 0.6 is 0 Å². The van der Waals surface area contributed by atoms with E-state index in [0.29, 0.717) is 0 Å². The van der Waals surface area contributed by atoms with E-state index < -0.39 is 0 Å². The highest BCUT2D eigenvalue weighted by atomic mass is 16.3. The second-order valence-corrected chi connectivity index (χ2v) is 3.16. The minimum atomic E-state index is -0.368. The fraction of sp³-hybridized carbons (Fsp3) is 0.714. The van der Waals surface area contributed by atoms with E-state index in [1.165, 1.54) is 6.33 Å². The predicted octanol–water partition coefficient (Wildman–Crippen LogP) is 0.262.